The molecule has 0 saturated carbocycles. The van der Waals surface area contributed by atoms with Gasteiger partial charge in [-0.1, -0.05) is 12.1 Å². The molecule has 0 bridgehead atoms. The van der Waals surface area contributed by atoms with Gasteiger partial charge < -0.3 is 15.6 Å². The molecule has 0 unspecified atom stereocenters. The summed E-state index contributed by atoms with van der Waals surface area (Å²) in [6, 6.07) is 12.4. The van der Waals surface area contributed by atoms with Crippen LogP contribution >= 0.6 is 0 Å². The molecule has 128 valence electrons. The van der Waals surface area contributed by atoms with Crippen LogP contribution in [0.25, 0.3) is 11.0 Å². The Balaban J connectivity index is 1.54. The van der Waals surface area contributed by atoms with Crippen LogP contribution in [-0.2, 0) is 4.79 Å². The Labute approximate surface area is 143 Å². The average molecular weight is 340 g/mol. The second kappa shape index (κ2) is 7.12. The summed E-state index contributed by atoms with van der Waals surface area (Å²) in [4.78, 5) is 31.5. The van der Waals surface area contributed by atoms with E-state index in [1.54, 1.807) is 6.92 Å². The monoisotopic (exact) mass is 340 g/mol. The molecular formula is C18H17FN4O2. The lowest BCUT2D eigenvalue weighted by Crippen LogP contribution is -2.38. The minimum Gasteiger partial charge on any atom is -0.345 e. The predicted molar refractivity (Wildman–Crippen MR) is 91.4 cm³/mol. The number of aromatic amines is 1. The van der Waals surface area contributed by atoms with Crippen LogP contribution in [0.15, 0.2) is 48.5 Å². The molecule has 0 spiro atoms. The zero-order valence-electron chi connectivity index (χ0n) is 13.5. The van der Waals surface area contributed by atoms with Crippen LogP contribution in [0.1, 0.15) is 29.1 Å². The summed E-state index contributed by atoms with van der Waals surface area (Å²) in [5.41, 5.74) is 2.01. The van der Waals surface area contributed by atoms with E-state index in [0.717, 1.165) is 11.0 Å². The maximum absolute atomic E-state index is 12.8. The first-order valence-corrected chi connectivity index (χ1v) is 7.80. The lowest BCUT2D eigenvalue weighted by atomic mass is 10.2. The molecule has 6 nitrogen and oxygen atoms in total. The number of benzene rings is 2. The second-order valence-corrected chi connectivity index (χ2v) is 5.62. The van der Waals surface area contributed by atoms with Gasteiger partial charge in [0, 0.05) is 5.56 Å². The number of carbonyl (C=O) groups excluding carboxylic acids is 2. The van der Waals surface area contributed by atoms with Gasteiger partial charge in [0.25, 0.3) is 5.91 Å². The molecule has 0 fully saturated rings. The Bertz CT molecular complexity index is 872. The van der Waals surface area contributed by atoms with Gasteiger partial charge >= 0.3 is 0 Å². The molecule has 0 radical (unpaired) electrons. The van der Waals surface area contributed by atoms with E-state index in [4.69, 9.17) is 0 Å². The molecule has 0 saturated heterocycles. The summed E-state index contributed by atoms with van der Waals surface area (Å²) in [6.45, 7) is 1.62. The standard InChI is InChI=1S/C18H17FN4O2/c1-11(17-22-14-4-2-3-5-15(14)23-17)21-16(24)10-20-18(25)12-6-8-13(19)9-7-12/h2-9,11H,10H2,1H3,(H,20,25)(H,21,24)(H,22,23)/t11-/m0/s1. The number of fused-ring (bicyclic) bond motifs is 1. The number of para-hydroxylation sites is 2. The molecule has 0 aliphatic carbocycles. The van der Waals surface area contributed by atoms with Gasteiger partial charge in [0.1, 0.15) is 11.6 Å². The first kappa shape index (κ1) is 16.6. The summed E-state index contributed by atoms with van der Waals surface area (Å²) < 4.78 is 12.8. The topological polar surface area (TPSA) is 86.9 Å². The van der Waals surface area contributed by atoms with Gasteiger partial charge in [-0.2, -0.15) is 0 Å². The fourth-order valence-corrected chi connectivity index (χ4v) is 2.40. The van der Waals surface area contributed by atoms with Crippen molar-refractivity contribution in [2.75, 3.05) is 6.54 Å². The van der Waals surface area contributed by atoms with Crippen molar-refractivity contribution in [3.8, 4) is 0 Å². The number of H-pyrrole nitrogens is 1. The van der Waals surface area contributed by atoms with E-state index in [-0.39, 0.29) is 18.5 Å². The smallest absolute Gasteiger partial charge is 0.251 e. The molecule has 1 aromatic heterocycles. The Hall–Kier alpha value is -3.22. The van der Waals surface area contributed by atoms with Gasteiger partial charge in [0.2, 0.25) is 5.91 Å². The van der Waals surface area contributed by atoms with Crippen LogP contribution in [0.4, 0.5) is 4.39 Å². The third-order valence-corrected chi connectivity index (χ3v) is 3.71. The highest BCUT2D eigenvalue weighted by atomic mass is 19.1. The highest BCUT2D eigenvalue weighted by Gasteiger charge is 2.14. The molecule has 0 aliphatic heterocycles. The summed E-state index contributed by atoms with van der Waals surface area (Å²) in [7, 11) is 0. The highest BCUT2D eigenvalue weighted by Crippen LogP contribution is 2.15. The fraction of sp³-hybridized carbons (Fsp3) is 0.167. The third kappa shape index (κ3) is 4.00. The Morgan fingerprint density at radius 3 is 2.60 bits per heavy atom. The number of amides is 2. The molecule has 3 N–H and O–H groups in total. The predicted octanol–water partition coefficient (Wildman–Crippen LogP) is 2.31. The van der Waals surface area contributed by atoms with Gasteiger partial charge in [-0.25, -0.2) is 9.37 Å². The van der Waals surface area contributed by atoms with Crippen molar-refractivity contribution >= 4 is 22.8 Å². The molecule has 1 atom stereocenters. The molecular weight excluding hydrogens is 323 g/mol. The van der Waals surface area contributed by atoms with Crippen molar-refractivity contribution in [2.45, 2.75) is 13.0 Å². The van der Waals surface area contributed by atoms with Crippen molar-refractivity contribution in [1.29, 1.82) is 0 Å². The van der Waals surface area contributed by atoms with Gasteiger partial charge in [-0.3, -0.25) is 9.59 Å². The molecule has 7 heteroatoms. The Kier molecular flexibility index (Phi) is 4.74. The normalized spacial score (nSPS) is 11.9. The largest absolute Gasteiger partial charge is 0.345 e. The van der Waals surface area contributed by atoms with Crippen molar-refractivity contribution in [3.63, 3.8) is 0 Å². The molecule has 2 amide bonds. The zero-order chi connectivity index (χ0) is 17.8. The van der Waals surface area contributed by atoms with Crippen molar-refractivity contribution < 1.29 is 14.0 Å². The van der Waals surface area contributed by atoms with E-state index in [0.29, 0.717) is 11.4 Å². The number of hydrogen-bond donors (Lipinski definition) is 3. The maximum Gasteiger partial charge on any atom is 0.251 e. The van der Waals surface area contributed by atoms with Gasteiger partial charge in [0.05, 0.1) is 23.6 Å². The number of nitrogens with one attached hydrogen (secondary N) is 3. The van der Waals surface area contributed by atoms with Crippen LogP contribution < -0.4 is 10.6 Å². The van der Waals surface area contributed by atoms with Crippen LogP contribution in [0.2, 0.25) is 0 Å². The molecule has 0 aliphatic rings. The summed E-state index contributed by atoms with van der Waals surface area (Å²) in [5, 5.41) is 5.26. The summed E-state index contributed by atoms with van der Waals surface area (Å²) >= 11 is 0. The van der Waals surface area contributed by atoms with Gasteiger partial charge in [-0.05, 0) is 43.3 Å². The van der Waals surface area contributed by atoms with E-state index in [1.165, 1.54) is 24.3 Å². The highest BCUT2D eigenvalue weighted by molar-refractivity contribution is 5.96. The lowest BCUT2D eigenvalue weighted by molar-refractivity contribution is -0.120. The minimum atomic E-state index is -0.438. The van der Waals surface area contributed by atoms with Crippen molar-refractivity contribution in [1.82, 2.24) is 20.6 Å². The lowest BCUT2D eigenvalue weighted by Gasteiger charge is -2.12. The minimum absolute atomic E-state index is 0.180. The van der Waals surface area contributed by atoms with Crippen LogP contribution in [0, 0.1) is 5.82 Å². The fourth-order valence-electron chi connectivity index (χ4n) is 2.40. The van der Waals surface area contributed by atoms with Crippen molar-refractivity contribution in [2.24, 2.45) is 0 Å². The van der Waals surface area contributed by atoms with E-state index in [9.17, 15) is 14.0 Å². The molecule has 2 aromatic carbocycles. The zero-order valence-corrected chi connectivity index (χ0v) is 13.5. The maximum atomic E-state index is 12.8. The first-order chi connectivity index (χ1) is 12.0. The molecule has 25 heavy (non-hydrogen) atoms. The molecule has 1 heterocycles. The van der Waals surface area contributed by atoms with Crippen LogP contribution in [0.5, 0.6) is 0 Å². The molecule has 3 aromatic rings. The number of imidazole rings is 1. The SMILES string of the molecule is C[C@H](NC(=O)CNC(=O)c1ccc(F)cc1)c1nc2ccccc2[nH]1. The quantitative estimate of drug-likeness (QED) is 0.666. The molecule has 3 rings (SSSR count). The Morgan fingerprint density at radius 2 is 1.88 bits per heavy atom. The number of halogens is 1. The van der Waals surface area contributed by atoms with Crippen LogP contribution in [-0.4, -0.2) is 28.3 Å². The van der Waals surface area contributed by atoms with E-state index in [2.05, 4.69) is 20.6 Å². The Morgan fingerprint density at radius 1 is 1.16 bits per heavy atom. The van der Waals surface area contributed by atoms with E-state index in [1.807, 2.05) is 24.3 Å². The summed E-state index contributed by atoms with van der Waals surface area (Å²) in [6.07, 6.45) is 0. The van der Waals surface area contributed by atoms with E-state index < -0.39 is 11.7 Å². The number of carbonyl (C=O) groups is 2. The number of rotatable bonds is 5. The number of aromatic nitrogens is 2. The van der Waals surface area contributed by atoms with E-state index >= 15 is 0 Å². The average Bonchev–Trinajstić information content (AvgIpc) is 3.04. The second-order valence-electron chi connectivity index (χ2n) is 5.62. The third-order valence-electron chi connectivity index (χ3n) is 3.71. The summed E-state index contributed by atoms with van der Waals surface area (Å²) in [5.74, 6) is -0.566. The van der Waals surface area contributed by atoms with Crippen molar-refractivity contribution in [3.05, 3.63) is 65.7 Å². The number of nitrogens with zero attached hydrogens (tertiary/aromatic N) is 1. The first-order valence-electron chi connectivity index (χ1n) is 7.80. The van der Waals surface area contributed by atoms with Gasteiger partial charge in [-0.15, -0.1) is 0 Å². The van der Waals surface area contributed by atoms with Gasteiger partial charge in [0.15, 0.2) is 0 Å². The van der Waals surface area contributed by atoms with Crippen LogP contribution in [0.3, 0.4) is 0 Å². The number of hydrogen-bond acceptors (Lipinski definition) is 3.